The van der Waals surface area contributed by atoms with Crippen molar-refractivity contribution >= 4 is 5.91 Å². The summed E-state index contributed by atoms with van der Waals surface area (Å²) in [5.41, 5.74) is 3.20. The highest BCUT2D eigenvalue weighted by Crippen LogP contribution is 2.32. The molecule has 0 unspecified atom stereocenters. The molecule has 33 heavy (non-hydrogen) atoms. The van der Waals surface area contributed by atoms with Crippen molar-refractivity contribution in [3.05, 3.63) is 108 Å². The van der Waals surface area contributed by atoms with Gasteiger partial charge in [0.15, 0.2) is 5.82 Å². The number of hydrogen-bond donors (Lipinski definition) is 1. The van der Waals surface area contributed by atoms with Crippen LogP contribution >= 0.6 is 0 Å². The first kappa shape index (κ1) is 22.2. The minimum atomic E-state index is -0.289. The third-order valence-electron chi connectivity index (χ3n) is 5.43. The molecule has 0 radical (unpaired) electrons. The molecule has 1 aromatic heterocycles. The number of carbonyl (C=O) groups excluding carboxylic acids is 1. The maximum Gasteiger partial charge on any atom is 0.258 e. The van der Waals surface area contributed by atoms with Crippen molar-refractivity contribution in [1.29, 1.82) is 0 Å². The van der Waals surface area contributed by atoms with Crippen LogP contribution in [0.15, 0.2) is 91.1 Å². The number of nitrogens with one attached hydrogen (secondary N) is 1. The van der Waals surface area contributed by atoms with Gasteiger partial charge in [0.1, 0.15) is 11.3 Å². The van der Waals surface area contributed by atoms with Gasteiger partial charge < -0.3 is 10.1 Å². The average molecular weight is 438 g/mol. The smallest absolute Gasteiger partial charge is 0.258 e. The van der Waals surface area contributed by atoms with Crippen LogP contribution in [0.25, 0.3) is 11.4 Å². The lowest BCUT2D eigenvalue weighted by Crippen LogP contribution is -2.27. The first-order chi connectivity index (χ1) is 16.0. The van der Waals surface area contributed by atoms with E-state index in [1.54, 1.807) is 0 Å². The van der Waals surface area contributed by atoms with E-state index in [1.165, 1.54) is 6.20 Å². The van der Waals surface area contributed by atoms with Crippen molar-refractivity contribution < 1.29 is 9.53 Å². The third-order valence-corrected chi connectivity index (χ3v) is 5.43. The molecule has 0 fully saturated rings. The van der Waals surface area contributed by atoms with Gasteiger partial charge in [-0.1, -0.05) is 92.7 Å². The second-order valence-corrected chi connectivity index (χ2v) is 8.18. The van der Waals surface area contributed by atoms with Crippen LogP contribution in [0.4, 0.5) is 0 Å². The molecule has 1 atom stereocenters. The fourth-order valence-electron chi connectivity index (χ4n) is 3.58. The van der Waals surface area contributed by atoms with E-state index in [2.05, 4.69) is 29.1 Å². The molecular weight excluding hydrogens is 410 g/mol. The lowest BCUT2D eigenvalue weighted by atomic mass is 10.0. The van der Waals surface area contributed by atoms with E-state index in [0.717, 1.165) is 16.7 Å². The maximum atomic E-state index is 13.2. The number of aromatic nitrogens is 2. The highest BCUT2D eigenvalue weighted by molar-refractivity contribution is 5.96. The number of amides is 1. The molecule has 4 aromatic rings. The number of ether oxygens (including phenoxy) is 1. The summed E-state index contributed by atoms with van der Waals surface area (Å²) in [6.07, 6.45) is 1.54. The molecule has 5 nitrogen and oxygen atoms in total. The molecule has 166 valence electrons. The average Bonchev–Trinajstić information content (AvgIpc) is 2.85. The lowest BCUT2D eigenvalue weighted by Gasteiger charge is -2.17. The van der Waals surface area contributed by atoms with Gasteiger partial charge in [0.05, 0.1) is 6.04 Å². The number of para-hydroxylation sites is 1. The molecule has 0 spiro atoms. The Labute approximate surface area is 194 Å². The van der Waals surface area contributed by atoms with E-state index in [0.29, 0.717) is 11.6 Å². The highest BCUT2D eigenvalue weighted by Gasteiger charge is 2.21. The zero-order valence-corrected chi connectivity index (χ0v) is 19.0. The Morgan fingerprint density at radius 2 is 1.48 bits per heavy atom. The number of benzene rings is 3. The second kappa shape index (κ2) is 10.1. The zero-order chi connectivity index (χ0) is 23.2. The summed E-state index contributed by atoms with van der Waals surface area (Å²) in [7, 11) is 0. The molecule has 0 aliphatic heterocycles. The SMILES string of the molecule is CC(C)c1ccccc1Oc1nc(-c2ccccc2)ncc1C(=O)N[C@H](C)c1ccccc1. The summed E-state index contributed by atoms with van der Waals surface area (Å²) in [6, 6.07) is 27.1. The summed E-state index contributed by atoms with van der Waals surface area (Å²) in [6.45, 7) is 6.15. The van der Waals surface area contributed by atoms with Gasteiger partial charge in [-0.3, -0.25) is 4.79 Å². The molecule has 0 aliphatic rings. The van der Waals surface area contributed by atoms with E-state index in [4.69, 9.17) is 4.74 Å². The van der Waals surface area contributed by atoms with E-state index >= 15 is 0 Å². The molecule has 0 bridgehead atoms. The lowest BCUT2D eigenvalue weighted by molar-refractivity contribution is 0.0936. The number of hydrogen-bond acceptors (Lipinski definition) is 4. The Morgan fingerprint density at radius 1 is 0.848 bits per heavy atom. The third kappa shape index (κ3) is 5.26. The van der Waals surface area contributed by atoms with Crippen LogP contribution in [0.1, 0.15) is 54.2 Å². The van der Waals surface area contributed by atoms with Crippen LogP contribution in [-0.2, 0) is 0 Å². The molecule has 5 heteroatoms. The standard InChI is InChI=1S/C28H27N3O2/c1-19(2)23-16-10-11-17-25(23)33-28-24(18-29-26(31-28)22-14-8-5-9-15-22)27(32)30-20(3)21-12-6-4-7-13-21/h4-20H,1-3H3,(H,30,32)/t20-/m1/s1. The minimum absolute atomic E-state index is 0.177. The van der Waals surface area contributed by atoms with Crippen LogP contribution < -0.4 is 10.1 Å². The van der Waals surface area contributed by atoms with Crippen LogP contribution in [0.3, 0.4) is 0 Å². The second-order valence-electron chi connectivity index (χ2n) is 8.18. The van der Waals surface area contributed by atoms with Crippen LogP contribution in [0.2, 0.25) is 0 Å². The van der Waals surface area contributed by atoms with Gasteiger partial charge in [-0.2, -0.15) is 4.98 Å². The van der Waals surface area contributed by atoms with Crippen molar-refractivity contribution in [2.24, 2.45) is 0 Å². The number of nitrogens with zero attached hydrogens (tertiary/aromatic N) is 2. The van der Waals surface area contributed by atoms with Gasteiger partial charge in [0.2, 0.25) is 5.88 Å². The molecule has 0 aliphatic carbocycles. The summed E-state index contributed by atoms with van der Waals surface area (Å²) in [5, 5.41) is 3.04. The number of rotatable bonds is 7. The molecule has 0 saturated carbocycles. The Kier molecular flexibility index (Phi) is 6.79. The van der Waals surface area contributed by atoms with Gasteiger partial charge in [-0.05, 0) is 30.0 Å². The van der Waals surface area contributed by atoms with E-state index < -0.39 is 0 Å². The largest absolute Gasteiger partial charge is 0.438 e. The van der Waals surface area contributed by atoms with Gasteiger partial charge in [-0.25, -0.2) is 4.98 Å². The van der Waals surface area contributed by atoms with Crippen LogP contribution in [0.5, 0.6) is 11.6 Å². The van der Waals surface area contributed by atoms with Crippen molar-refractivity contribution in [3.63, 3.8) is 0 Å². The highest BCUT2D eigenvalue weighted by atomic mass is 16.5. The van der Waals surface area contributed by atoms with Gasteiger partial charge in [0.25, 0.3) is 5.91 Å². The molecule has 1 heterocycles. The van der Waals surface area contributed by atoms with E-state index in [-0.39, 0.29) is 29.3 Å². The summed E-state index contributed by atoms with van der Waals surface area (Å²) in [4.78, 5) is 22.3. The first-order valence-electron chi connectivity index (χ1n) is 11.1. The Bertz CT molecular complexity index is 1220. The Hall–Kier alpha value is -3.99. The molecule has 1 N–H and O–H groups in total. The molecule has 0 saturated heterocycles. The first-order valence-corrected chi connectivity index (χ1v) is 11.1. The molecular formula is C28H27N3O2. The summed E-state index contributed by atoms with van der Waals surface area (Å²) >= 11 is 0. The fraction of sp³-hybridized carbons (Fsp3) is 0.179. The van der Waals surface area contributed by atoms with E-state index in [9.17, 15) is 4.79 Å². The maximum absolute atomic E-state index is 13.2. The Morgan fingerprint density at radius 3 is 2.18 bits per heavy atom. The minimum Gasteiger partial charge on any atom is -0.438 e. The van der Waals surface area contributed by atoms with Crippen molar-refractivity contribution in [3.8, 4) is 23.0 Å². The molecule has 3 aromatic carbocycles. The molecule has 1 amide bonds. The van der Waals surface area contributed by atoms with Crippen molar-refractivity contribution in [2.45, 2.75) is 32.7 Å². The van der Waals surface area contributed by atoms with Crippen LogP contribution in [0, 0.1) is 0 Å². The zero-order valence-electron chi connectivity index (χ0n) is 19.0. The monoisotopic (exact) mass is 437 g/mol. The van der Waals surface area contributed by atoms with Crippen LogP contribution in [-0.4, -0.2) is 15.9 Å². The van der Waals surface area contributed by atoms with Gasteiger partial charge in [0, 0.05) is 11.8 Å². The predicted molar refractivity (Wildman–Crippen MR) is 130 cm³/mol. The van der Waals surface area contributed by atoms with E-state index in [1.807, 2.05) is 91.9 Å². The van der Waals surface area contributed by atoms with Gasteiger partial charge in [-0.15, -0.1) is 0 Å². The predicted octanol–water partition coefficient (Wildman–Crippen LogP) is 6.55. The summed E-state index contributed by atoms with van der Waals surface area (Å²) in [5.74, 6) is 1.38. The normalized spacial score (nSPS) is 11.8. The fourth-order valence-corrected chi connectivity index (χ4v) is 3.58. The van der Waals surface area contributed by atoms with Crippen molar-refractivity contribution in [1.82, 2.24) is 15.3 Å². The van der Waals surface area contributed by atoms with Crippen molar-refractivity contribution in [2.75, 3.05) is 0 Å². The topological polar surface area (TPSA) is 64.1 Å². The number of carbonyl (C=O) groups is 1. The summed E-state index contributed by atoms with van der Waals surface area (Å²) < 4.78 is 6.26. The Balaban J connectivity index is 1.71. The van der Waals surface area contributed by atoms with Gasteiger partial charge >= 0.3 is 0 Å². The quantitative estimate of drug-likeness (QED) is 0.356. The molecule has 4 rings (SSSR count).